The summed E-state index contributed by atoms with van der Waals surface area (Å²) in [5, 5.41) is 10.2. The van der Waals surface area contributed by atoms with Crippen molar-refractivity contribution in [2.75, 3.05) is 5.01 Å². The lowest BCUT2D eigenvalue weighted by Crippen LogP contribution is -2.35. The van der Waals surface area contributed by atoms with Gasteiger partial charge in [-0.05, 0) is 43.3 Å². The lowest BCUT2D eigenvalue weighted by atomic mass is 10.1. The van der Waals surface area contributed by atoms with Gasteiger partial charge in [0.25, 0.3) is 11.8 Å². The van der Waals surface area contributed by atoms with Crippen LogP contribution >= 0.6 is 15.9 Å². The molecular weight excluding hydrogens is 416 g/mol. The molecule has 8 heteroatoms. The van der Waals surface area contributed by atoms with Gasteiger partial charge in [-0.1, -0.05) is 34.1 Å². The summed E-state index contributed by atoms with van der Waals surface area (Å²) in [6.07, 6.45) is 0.298. The van der Waals surface area contributed by atoms with Crippen molar-refractivity contribution in [2.45, 2.75) is 13.0 Å². The highest BCUT2D eigenvalue weighted by Crippen LogP contribution is 2.28. The van der Waals surface area contributed by atoms with Crippen LogP contribution in [0.1, 0.15) is 12.5 Å². The summed E-state index contributed by atoms with van der Waals surface area (Å²) in [5.41, 5.74) is 3.37. The van der Waals surface area contributed by atoms with Gasteiger partial charge in [-0.25, -0.2) is 9.80 Å². The van der Waals surface area contributed by atoms with Crippen LogP contribution in [0.15, 0.2) is 58.6 Å². The molecule has 0 saturated carbocycles. The first-order valence-electron chi connectivity index (χ1n) is 7.98. The van der Waals surface area contributed by atoms with E-state index < -0.39 is 23.9 Å². The van der Waals surface area contributed by atoms with E-state index in [1.807, 2.05) is 0 Å². The second-order valence-electron chi connectivity index (χ2n) is 5.76. The van der Waals surface area contributed by atoms with E-state index in [4.69, 9.17) is 9.84 Å². The van der Waals surface area contributed by atoms with E-state index >= 15 is 0 Å². The average molecular weight is 431 g/mol. The molecule has 138 valence electrons. The number of carbonyl (C=O) groups is 3. The molecule has 1 saturated heterocycles. The second kappa shape index (κ2) is 7.63. The molecule has 2 aromatic rings. The van der Waals surface area contributed by atoms with Crippen LogP contribution < -0.4 is 15.2 Å². The number of ether oxygens (including phenoxy) is 1. The third-order valence-electron chi connectivity index (χ3n) is 3.83. The molecule has 0 aromatic heterocycles. The van der Waals surface area contributed by atoms with Gasteiger partial charge < -0.3 is 9.84 Å². The number of carbonyl (C=O) groups excluding carboxylic acids is 2. The Hall–Kier alpha value is -3.13. The molecule has 1 fully saturated rings. The normalized spacial score (nSPS) is 16.4. The Kier molecular flexibility index (Phi) is 5.27. The number of aliphatic carboxylic acids is 1. The zero-order valence-electron chi connectivity index (χ0n) is 14.2. The zero-order chi connectivity index (χ0) is 19.6. The molecule has 1 aliphatic rings. The number of amides is 2. The maximum absolute atomic E-state index is 12.7. The first-order valence-corrected chi connectivity index (χ1v) is 8.77. The van der Waals surface area contributed by atoms with Crippen molar-refractivity contribution in [1.29, 1.82) is 0 Å². The Morgan fingerprint density at radius 3 is 2.59 bits per heavy atom. The fourth-order valence-corrected chi connectivity index (χ4v) is 2.83. The molecule has 27 heavy (non-hydrogen) atoms. The van der Waals surface area contributed by atoms with Crippen molar-refractivity contribution >= 4 is 45.5 Å². The van der Waals surface area contributed by atoms with Gasteiger partial charge in [-0.2, -0.15) is 0 Å². The number of anilines is 1. The Balaban J connectivity index is 1.96. The van der Waals surface area contributed by atoms with Crippen molar-refractivity contribution in [1.82, 2.24) is 5.43 Å². The summed E-state index contributed by atoms with van der Waals surface area (Å²) in [6.45, 7) is 1.39. The van der Waals surface area contributed by atoms with Crippen molar-refractivity contribution in [3.63, 3.8) is 0 Å². The van der Waals surface area contributed by atoms with Gasteiger partial charge in [0, 0.05) is 10.0 Å². The SMILES string of the molecule is C[C@@H](Oc1ccc(Br)cc1/C=C1/C(=O)NN(c2ccccc2)C1=O)C(=O)O. The molecule has 0 spiro atoms. The van der Waals surface area contributed by atoms with Crippen molar-refractivity contribution in [3.8, 4) is 5.75 Å². The van der Waals surface area contributed by atoms with Crippen LogP contribution in [0.5, 0.6) is 5.75 Å². The minimum absolute atomic E-state index is 0.0789. The monoisotopic (exact) mass is 430 g/mol. The lowest BCUT2D eigenvalue weighted by molar-refractivity contribution is -0.144. The molecule has 1 heterocycles. The molecular formula is C19H15BrN2O5. The van der Waals surface area contributed by atoms with Crippen LogP contribution in [-0.4, -0.2) is 29.0 Å². The van der Waals surface area contributed by atoms with E-state index in [2.05, 4.69) is 21.4 Å². The number of hydrogen-bond acceptors (Lipinski definition) is 4. The van der Waals surface area contributed by atoms with Crippen LogP contribution in [0.2, 0.25) is 0 Å². The Morgan fingerprint density at radius 1 is 1.22 bits per heavy atom. The molecule has 2 N–H and O–H groups in total. The Bertz CT molecular complexity index is 942. The van der Waals surface area contributed by atoms with E-state index in [9.17, 15) is 14.4 Å². The largest absolute Gasteiger partial charge is 0.479 e. The van der Waals surface area contributed by atoms with Gasteiger partial charge >= 0.3 is 5.97 Å². The first-order chi connectivity index (χ1) is 12.9. The number of nitrogens with one attached hydrogen (secondary N) is 1. The van der Waals surface area contributed by atoms with E-state index in [1.54, 1.807) is 48.5 Å². The van der Waals surface area contributed by atoms with Crippen LogP contribution in [-0.2, 0) is 14.4 Å². The van der Waals surface area contributed by atoms with Crippen LogP contribution in [0, 0.1) is 0 Å². The molecule has 2 amide bonds. The highest BCUT2D eigenvalue weighted by atomic mass is 79.9. The molecule has 1 aliphatic heterocycles. The minimum atomic E-state index is -1.12. The maximum Gasteiger partial charge on any atom is 0.344 e. The summed E-state index contributed by atoms with van der Waals surface area (Å²) in [5.74, 6) is -1.94. The minimum Gasteiger partial charge on any atom is -0.479 e. The molecule has 3 rings (SSSR count). The maximum atomic E-state index is 12.7. The quantitative estimate of drug-likeness (QED) is 0.561. The molecule has 1 atom stereocenters. The number of benzene rings is 2. The number of rotatable bonds is 5. The first kappa shape index (κ1) is 18.7. The van der Waals surface area contributed by atoms with E-state index in [-0.39, 0.29) is 11.3 Å². The molecule has 0 unspecified atom stereocenters. The van der Waals surface area contributed by atoms with Gasteiger partial charge in [-0.15, -0.1) is 0 Å². The highest BCUT2D eigenvalue weighted by molar-refractivity contribution is 9.10. The molecule has 0 bridgehead atoms. The second-order valence-corrected chi connectivity index (χ2v) is 6.67. The third kappa shape index (κ3) is 4.01. The third-order valence-corrected chi connectivity index (χ3v) is 4.32. The summed E-state index contributed by atoms with van der Waals surface area (Å²) in [6, 6.07) is 13.6. The standard InChI is InChI=1S/C19H15BrN2O5/c1-11(19(25)26)27-16-8-7-13(20)9-12(16)10-15-17(23)21-22(18(15)24)14-5-3-2-4-6-14/h2-11H,1H3,(H,21,23)(H,25,26)/b15-10-/t11-/m1/s1. The average Bonchev–Trinajstić information content (AvgIpc) is 2.92. The van der Waals surface area contributed by atoms with Gasteiger partial charge in [-0.3, -0.25) is 15.0 Å². The highest BCUT2D eigenvalue weighted by Gasteiger charge is 2.34. The molecule has 0 aliphatic carbocycles. The van der Waals surface area contributed by atoms with Crippen LogP contribution in [0.25, 0.3) is 6.08 Å². The number of nitrogens with zero attached hydrogens (tertiary/aromatic N) is 1. The fourth-order valence-electron chi connectivity index (χ4n) is 2.45. The van der Waals surface area contributed by atoms with Crippen LogP contribution in [0.3, 0.4) is 0 Å². The Morgan fingerprint density at radius 2 is 1.93 bits per heavy atom. The number of carboxylic acids is 1. The van der Waals surface area contributed by atoms with Crippen molar-refractivity contribution in [3.05, 3.63) is 64.1 Å². The smallest absolute Gasteiger partial charge is 0.344 e. The summed E-state index contributed by atoms with van der Waals surface area (Å²) >= 11 is 3.32. The van der Waals surface area contributed by atoms with Gasteiger partial charge in [0.05, 0.1) is 5.69 Å². The van der Waals surface area contributed by atoms with Gasteiger partial charge in [0.15, 0.2) is 6.10 Å². The molecule has 0 radical (unpaired) electrons. The number of hydrazine groups is 1. The summed E-state index contributed by atoms with van der Waals surface area (Å²) < 4.78 is 6.12. The number of halogens is 1. The van der Waals surface area contributed by atoms with Gasteiger partial charge in [0.1, 0.15) is 11.3 Å². The van der Waals surface area contributed by atoms with Crippen molar-refractivity contribution in [2.24, 2.45) is 0 Å². The van der Waals surface area contributed by atoms with E-state index in [0.717, 1.165) is 5.01 Å². The predicted molar refractivity (Wildman–Crippen MR) is 102 cm³/mol. The van der Waals surface area contributed by atoms with E-state index in [0.29, 0.717) is 15.7 Å². The fraction of sp³-hybridized carbons (Fsp3) is 0.105. The van der Waals surface area contributed by atoms with E-state index in [1.165, 1.54) is 13.0 Å². The molecule has 7 nitrogen and oxygen atoms in total. The van der Waals surface area contributed by atoms with Gasteiger partial charge in [0.2, 0.25) is 0 Å². The zero-order valence-corrected chi connectivity index (χ0v) is 15.8. The molecule has 2 aromatic carbocycles. The summed E-state index contributed by atoms with van der Waals surface area (Å²) in [7, 11) is 0. The summed E-state index contributed by atoms with van der Waals surface area (Å²) in [4.78, 5) is 36.0. The van der Waals surface area contributed by atoms with Crippen molar-refractivity contribution < 1.29 is 24.2 Å². The Labute approximate surface area is 163 Å². The topological polar surface area (TPSA) is 95.9 Å². The predicted octanol–water partition coefficient (Wildman–Crippen LogP) is 2.76. The number of carboxylic acid groups (broad SMARTS) is 1. The lowest BCUT2D eigenvalue weighted by Gasteiger charge is -2.14. The number of para-hydroxylation sites is 1. The number of hydrogen-bond donors (Lipinski definition) is 2. The van der Waals surface area contributed by atoms with Crippen LogP contribution in [0.4, 0.5) is 5.69 Å².